The van der Waals surface area contributed by atoms with Crippen LogP contribution < -0.4 is 4.90 Å². The fourth-order valence-electron chi connectivity index (χ4n) is 2.50. The van der Waals surface area contributed by atoms with Crippen molar-refractivity contribution in [2.45, 2.75) is 6.18 Å². The van der Waals surface area contributed by atoms with Crippen LogP contribution in [-0.2, 0) is 6.18 Å². The zero-order valence-electron chi connectivity index (χ0n) is 12.9. The van der Waals surface area contributed by atoms with Crippen molar-refractivity contribution in [1.82, 2.24) is 9.88 Å². The van der Waals surface area contributed by atoms with Gasteiger partial charge in [-0.25, -0.2) is 4.98 Å². The molecule has 24 heavy (non-hydrogen) atoms. The molecule has 126 valence electrons. The van der Waals surface area contributed by atoms with Gasteiger partial charge in [-0.15, -0.1) is 11.3 Å². The van der Waals surface area contributed by atoms with Crippen LogP contribution in [0.25, 0.3) is 0 Å². The molecule has 0 unspecified atom stereocenters. The zero-order valence-corrected chi connectivity index (χ0v) is 13.7. The first-order chi connectivity index (χ1) is 11.5. The molecule has 0 bridgehead atoms. The summed E-state index contributed by atoms with van der Waals surface area (Å²) in [7, 11) is 0. The Morgan fingerprint density at radius 2 is 1.96 bits per heavy atom. The fraction of sp³-hybridized carbons (Fsp3) is 0.353. The molecule has 0 saturated carbocycles. The third-order valence-electron chi connectivity index (χ3n) is 3.79. The first kappa shape index (κ1) is 16.8. The highest BCUT2D eigenvalue weighted by Crippen LogP contribution is 2.29. The van der Waals surface area contributed by atoms with Crippen molar-refractivity contribution in [2.75, 3.05) is 37.6 Å². The number of nitrogens with zero attached hydrogens (tertiary/aromatic N) is 3. The number of benzene rings is 1. The second kappa shape index (κ2) is 7.24. The summed E-state index contributed by atoms with van der Waals surface area (Å²) in [5.41, 5.74) is -0.266. The molecule has 0 aliphatic carbocycles. The molecular formula is C17H16F3N3S. The molecule has 1 fully saturated rings. The van der Waals surface area contributed by atoms with Crippen molar-refractivity contribution in [1.29, 1.82) is 0 Å². The Labute approximate surface area is 142 Å². The summed E-state index contributed by atoms with van der Waals surface area (Å²) in [5, 5.41) is 2.99. The number of hydrogen-bond acceptors (Lipinski definition) is 4. The maximum Gasteiger partial charge on any atom is 0.416 e. The van der Waals surface area contributed by atoms with Gasteiger partial charge in [-0.1, -0.05) is 17.9 Å². The molecule has 1 aromatic carbocycles. The van der Waals surface area contributed by atoms with Crippen molar-refractivity contribution >= 4 is 16.5 Å². The SMILES string of the molecule is FC(F)(F)c1cccc(C#CCN2CCN(c3nccs3)CC2)c1. The largest absolute Gasteiger partial charge is 0.416 e. The average molecular weight is 351 g/mol. The van der Waals surface area contributed by atoms with E-state index < -0.39 is 11.7 Å². The van der Waals surface area contributed by atoms with Crippen molar-refractivity contribution in [3.05, 3.63) is 47.0 Å². The van der Waals surface area contributed by atoms with Crippen LogP contribution in [0.15, 0.2) is 35.8 Å². The molecule has 3 rings (SSSR count). The van der Waals surface area contributed by atoms with E-state index in [0.717, 1.165) is 43.4 Å². The van der Waals surface area contributed by atoms with Crippen LogP contribution in [0.5, 0.6) is 0 Å². The number of halogens is 3. The van der Waals surface area contributed by atoms with E-state index in [-0.39, 0.29) is 0 Å². The molecule has 1 aliphatic rings. The number of thiazole rings is 1. The molecular weight excluding hydrogens is 335 g/mol. The molecule has 0 radical (unpaired) electrons. The lowest BCUT2D eigenvalue weighted by atomic mass is 10.1. The smallest absolute Gasteiger partial charge is 0.346 e. The zero-order chi connectivity index (χ0) is 17.0. The van der Waals surface area contributed by atoms with Crippen LogP contribution in [0.1, 0.15) is 11.1 Å². The lowest BCUT2D eigenvalue weighted by Gasteiger charge is -2.33. The van der Waals surface area contributed by atoms with Gasteiger partial charge in [0.05, 0.1) is 12.1 Å². The standard InChI is InChI=1S/C17H16F3N3S/c18-17(19,20)15-5-1-3-14(13-15)4-2-7-22-8-10-23(11-9-22)16-21-6-12-24-16/h1,3,5-6,12-13H,7-11H2. The fourth-order valence-corrected chi connectivity index (χ4v) is 3.19. The molecule has 3 nitrogen and oxygen atoms in total. The molecule has 7 heteroatoms. The van der Waals surface area contributed by atoms with E-state index in [9.17, 15) is 13.2 Å². The van der Waals surface area contributed by atoms with E-state index in [2.05, 4.69) is 26.6 Å². The Balaban J connectivity index is 1.53. The number of rotatable bonds is 2. The van der Waals surface area contributed by atoms with Gasteiger partial charge in [0.25, 0.3) is 0 Å². The van der Waals surface area contributed by atoms with Crippen LogP contribution in [-0.4, -0.2) is 42.6 Å². The van der Waals surface area contributed by atoms with E-state index in [1.54, 1.807) is 23.6 Å². The van der Waals surface area contributed by atoms with Crippen LogP contribution in [0, 0.1) is 11.8 Å². The monoisotopic (exact) mass is 351 g/mol. The van der Waals surface area contributed by atoms with Gasteiger partial charge in [-0.3, -0.25) is 4.90 Å². The summed E-state index contributed by atoms with van der Waals surface area (Å²) in [6.45, 7) is 4.08. The van der Waals surface area contributed by atoms with Gasteiger partial charge < -0.3 is 4.90 Å². The second-order valence-electron chi connectivity index (χ2n) is 5.46. The van der Waals surface area contributed by atoms with Crippen LogP contribution in [0.3, 0.4) is 0 Å². The minimum absolute atomic E-state index is 0.395. The van der Waals surface area contributed by atoms with E-state index in [4.69, 9.17) is 0 Å². The minimum Gasteiger partial charge on any atom is -0.346 e. The summed E-state index contributed by atoms with van der Waals surface area (Å²) in [6.07, 6.45) is -2.53. The summed E-state index contributed by atoms with van der Waals surface area (Å²) in [6, 6.07) is 5.14. The van der Waals surface area contributed by atoms with E-state index >= 15 is 0 Å². The van der Waals surface area contributed by atoms with E-state index in [0.29, 0.717) is 12.1 Å². The van der Waals surface area contributed by atoms with Crippen molar-refractivity contribution < 1.29 is 13.2 Å². The minimum atomic E-state index is -4.33. The third kappa shape index (κ3) is 4.28. The maximum atomic E-state index is 12.7. The van der Waals surface area contributed by atoms with Gasteiger partial charge in [0, 0.05) is 43.3 Å². The first-order valence-corrected chi connectivity index (χ1v) is 8.43. The maximum absolute atomic E-state index is 12.7. The summed E-state index contributed by atoms with van der Waals surface area (Å²) < 4.78 is 38.0. The van der Waals surface area contributed by atoms with Gasteiger partial charge >= 0.3 is 6.18 Å². The lowest BCUT2D eigenvalue weighted by molar-refractivity contribution is -0.137. The van der Waals surface area contributed by atoms with E-state index in [1.165, 1.54) is 6.07 Å². The van der Waals surface area contributed by atoms with Crippen molar-refractivity contribution in [2.24, 2.45) is 0 Å². The lowest BCUT2D eigenvalue weighted by Crippen LogP contribution is -2.46. The predicted molar refractivity (Wildman–Crippen MR) is 89.1 cm³/mol. The Morgan fingerprint density at radius 1 is 1.17 bits per heavy atom. The number of hydrogen-bond donors (Lipinski definition) is 0. The topological polar surface area (TPSA) is 19.4 Å². The number of piperazine rings is 1. The number of anilines is 1. The molecule has 0 spiro atoms. The van der Waals surface area contributed by atoms with Gasteiger partial charge in [-0.2, -0.15) is 13.2 Å². The quantitative estimate of drug-likeness (QED) is 0.774. The van der Waals surface area contributed by atoms with E-state index in [1.807, 2.05) is 5.38 Å². The van der Waals surface area contributed by atoms with Gasteiger partial charge in [0.1, 0.15) is 0 Å². The summed E-state index contributed by atoms with van der Waals surface area (Å²) in [4.78, 5) is 8.74. The second-order valence-corrected chi connectivity index (χ2v) is 6.33. The summed E-state index contributed by atoms with van der Waals surface area (Å²) >= 11 is 1.63. The highest BCUT2D eigenvalue weighted by atomic mass is 32.1. The molecule has 2 aromatic rings. The summed E-state index contributed by atoms with van der Waals surface area (Å²) in [5.74, 6) is 5.80. The van der Waals surface area contributed by atoms with Crippen molar-refractivity contribution in [3.63, 3.8) is 0 Å². The Morgan fingerprint density at radius 3 is 2.62 bits per heavy atom. The molecule has 0 atom stereocenters. The normalized spacial score (nSPS) is 15.9. The molecule has 1 saturated heterocycles. The predicted octanol–water partition coefficient (Wildman–Crippen LogP) is 3.34. The van der Waals surface area contributed by atoms with Crippen LogP contribution in [0.4, 0.5) is 18.3 Å². The molecule has 2 heterocycles. The molecule has 0 N–H and O–H groups in total. The highest BCUT2D eigenvalue weighted by molar-refractivity contribution is 7.13. The van der Waals surface area contributed by atoms with Gasteiger partial charge in [-0.05, 0) is 18.2 Å². The molecule has 1 aliphatic heterocycles. The third-order valence-corrected chi connectivity index (χ3v) is 4.62. The number of aromatic nitrogens is 1. The highest BCUT2D eigenvalue weighted by Gasteiger charge is 2.30. The van der Waals surface area contributed by atoms with Crippen molar-refractivity contribution in [3.8, 4) is 11.8 Å². The molecule has 0 amide bonds. The Bertz CT molecular complexity index is 724. The Kier molecular flexibility index (Phi) is 5.07. The van der Waals surface area contributed by atoms with Gasteiger partial charge in [0.2, 0.25) is 0 Å². The number of alkyl halides is 3. The van der Waals surface area contributed by atoms with Crippen LogP contribution >= 0.6 is 11.3 Å². The van der Waals surface area contributed by atoms with Gasteiger partial charge in [0.15, 0.2) is 5.13 Å². The average Bonchev–Trinajstić information content (AvgIpc) is 3.10. The molecule has 1 aromatic heterocycles. The first-order valence-electron chi connectivity index (χ1n) is 7.55. The van der Waals surface area contributed by atoms with Crippen LogP contribution in [0.2, 0.25) is 0 Å². The Hall–Kier alpha value is -2.04.